The van der Waals surface area contributed by atoms with E-state index in [0.29, 0.717) is 6.61 Å². The highest BCUT2D eigenvalue weighted by Crippen LogP contribution is 2.26. The number of rotatable bonds is 1. The first kappa shape index (κ1) is 8.47. The number of hydrogen-bond acceptors (Lipinski definition) is 3. The summed E-state index contributed by atoms with van der Waals surface area (Å²) in [5.41, 5.74) is 6.68. The van der Waals surface area contributed by atoms with Gasteiger partial charge in [0.25, 0.3) is 0 Å². The largest absolute Gasteiger partial charge is 0.372 e. The second kappa shape index (κ2) is 3.32. The van der Waals surface area contributed by atoms with E-state index in [0.717, 1.165) is 12.0 Å². The Morgan fingerprint density at radius 1 is 1.54 bits per heavy atom. The van der Waals surface area contributed by atoms with E-state index in [1.165, 1.54) is 6.07 Å². The zero-order chi connectivity index (χ0) is 9.26. The Morgan fingerprint density at radius 2 is 2.38 bits per heavy atom. The molecule has 4 heteroatoms. The topological polar surface area (TPSA) is 68.1 Å². The van der Waals surface area contributed by atoms with Gasteiger partial charge in [0.2, 0.25) is 5.56 Å². The first-order valence-corrected chi connectivity index (χ1v) is 4.33. The summed E-state index contributed by atoms with van der Waals surface area (Å²) in [5.74, 6) is 0. The van der Waals surface area contributed by atoms with E-state index in [4.69, 9.17) is 10.5 Å². The summed E-state index contributed by atoms with van der Waals surface area (Å²) < 4.78 is 5.44. The minimum absolute atomic E-state index is 0.0471. The van der Waals surface area contributed by atoms with Crippen molar-refractivity contribution in [2.75, 3.05) is 6.61 Å². The molecule has 2 unspecified atom stereocenters. The summed E-state index contributed by atoms with van der Waals surface area (Å²) in [6.45, 7) is 0.699. The van der Waals surface area contributed by atoms with Crippen LogP contribution in [-0.4, -0.2) is 17.6 Å². The summed E-state index contributed by atoms with van der Waals surface area (Å²) in [7, 11) is 0. The maximum atomic E-state index is 10.8. The van der Waals surface area contributed by atoms with Gasteiger partial charge < -0.3 is 15.5 Å². The molecule has 0 spiro atoms. The predicted molar refractivity (Wildman–Crippen MR) is 48.3 cm³/mol. The van der Waals surface area contributed by atoms with Crippen LogP contribution in [0.1, 0.15) is 18.1 Å². The number of ether oxygens (including phenoxy) is 1. The van der Waals surface area contributed by atoms with E-state index in [2.05, 4.69) is 4.98 Å². The number of hydrogen-bond donors (Lipinski definition) is 2. The summed E-state index contributed by atoms with van der Waals surface area (Å²) in [6.07, 6.45) is 2.49. The standard InChI is InChI=1S/C9H12N2O2/c10-7-3-4-13-9(7)6-1-2-8(12)11-5-6/h1-2,5,7,9H,3-4,10H2,(H,11,12). The summed E-state index contributed by atoms with van der Waals surface area (Å²) in [6, 6.07) is 3.30. The van der Waals surface area contributed by atoms with Crippen molar-refractivity contribution in [2.45, 2.75) is 18.6 Å². The average molecular weight is 180 g/mol. The molecular formula is C9H12N2O2. The molecule has 4 nitrogen and oxygen atoms in total. The molecule has 3 N–H and O–H groups in total. The Labute approximate surface area is 75.7 Å². The van der Waals surface area contributed by atoms with Gasteiger partial charge in [-0.2, -0.15) is 0 Å². The quantitative estimate of drug-likeness (QED) is 0.647. The molecule has 2 rings (SSSR count). The third kappa shape index (κ3) is 1.64. The van der Waals surface area contributed by atoms with Gasteiger partial charge in [0.05, 0.1) is 6.10 Å². The van der Waals surface area contributed by atoms with E-state index in [9.17, 15) is 4.79 Å². The van der Waals surface area contributed by atoms with Gasteiger partial charge in [-0.3, -0.25) is 4.79 Å². The normalized spacial score (nSPS) is 27.8. The summed E-state index contributed by atoms with van der Waals surface area (Å²) in [5, 5.41) is 0. The zero-order valence-electron chi connectivity index (χ0n) is 7.19. The fraction of sp³-hybridized carbons (Fsp3) is 0.444. The van der Waals surface area contributed by atoms with Crippen molar-refractivity contribution in [3.8, 4) is 0 Å². The molecule has 0 bridgehead atoms. The lowest BCUT2D eigenvalue weighted by Crippen LogP contribution is -2.24. The minimum Gasteiger partial charge on any atom is -0.372 e. The van der Waals surface area contributed by atoms with Crippen molar-refractivity contribution in [1.29, 1.82) is 0 Å². The smallest absolute Gasteiger partial charge is 0.247 e. The number of aromatic amines is 1. The molecule has 0 saturated carbocycles. The van der Waals surface area contributed by atoms with Gasteiger partial charge in [0.15, 0.2) is 0 Å². The van der Waals surface area contributed by atoms with Crippen LogP contribution in [0.4, 0.5) is 0 Å². The molecule has 13 heavy (non-hydrogen) atoms. The number of nitrogens with one attached hydrogen (secondary N) is 1. The van der Waals surface area contributed by atoms with Gasteiger partial charge in [-0.25, -0.2) is 0 Å². The molecule has 1 saturated heterocycles. The first-order valence-electron chi connectivity index (χ1n) is 4.33. The van der Waals surface area contributed by atoms with Gasteiger partial charge >= 0.3 is 0 Å². The van der Waals surface area contributed by atoms with Crippen molar-refractivity contribution >= 4 is 0 Å². The van der Waals surface area contributed by atoms with Crippen LogP contribution in [-0.2, 0) is 4.74 Å². The molecular weight excluding hydrogens is 168 g/mol. The molecule has 1 fully saturated rings. The highest BCUT2D eigenvalue weighted by molar-refractivity contribution is 5.15. The molecule has 0 aromatic carbocycles. The van der Waals surface area contributed by atoms with Crippen LogP contribution in [0.5, 0.6) is 0 Å². The molecule has 1 aliphatic heterocycles. The fourth-order valence-electron chi connectivity index (χ4n) is 1.55. The Morgan fingerprint density at radius 3 is 2.92 bits per heavy atom. The van der Waals surface area contributed by atoms with Crippen LogP contribution in [0.3, 0.4) is 0 Å². The highest BCUT2D eigenvalue weighted by Gasteiger charge is 2.26. The van der Waals surface area contributed by atoms with E-state index in [-0.39, 0.29) is 17.7 Å². The fourth-order valence-corrected chi connectivity index (χ4v) is 1.55. The minimum atomic E-state index is -0.102. The summed E-state index contributed by atoms with van der Waals surface area (Å²) >= 11 is 0. The van der Waals surface area contributed by atoms with Gasteiger partial charge in [-0.05, 0) is 18.1 Å². The van der Waals surface area contributed by atoms with Crippen LogP contribution in [0.15, 0.2) is 23.1 Å². The highest BCUT2D eigenvalue weighted by atomic mass is 16.5. The van der Waals surface area contributed by atoms with Crippen molar-refractivity contribution in [2.24, 2.45) is 5.73 Å². The van der Waals surface area contributed by atoms with Gasteiger partial charge in [0, 0.05) is 24.9 Å². The van der Waals surface area contributed by atoms with Crippen molar-refractivity contribution in [1.82, 2.24) is 4.98 Å². The molecule has 2 atom stereocenters. The lowest BCUT2D eigenvalue weighted by molar-refractivity contribution is 0.105. The SMILES string of the molecule is NC1CCOC1c1ccc(=O)[nH]c1. The molecule has 0 aliphatic carbocycles. The van der Waals surface area contributed by atoms with E-state index >= 15 is 0 Å². The van der Waals surface area contributed by atoms with Crippen LogP contribution < -0.4 is 11.3 Å². The second-order valence-electron chi connectivity index (χ2n) is 3.23. The van der Waals surface area contributed by atoms with E-state index in [1.807, 2.05) is 0 Å². The van der Waals surface area contributed by atoms with E-state index in [1.54, 1.807) is 12.3 Å². The zero-order valence-corrected chi connectivity index (χ0v) is 7.19. The van der Waals surface area contributed by atoms with E-state index < -0.39 is 0 Å². The average Bonchev–Trinajstić information content (AvgIpc) is 2.53. The van der Waals surface area contributed by atoms with Gasteiger partial charge in [0.1, 0.15) is 0 Å². The predicted octanol–water partition coefficient (Wildman–Crippen LogP) is 0.164. The Kier molecular flexibility index (Phi) is 2.16. The summed E-state index contributed by atoms with van der Waals surface area (Å²) in [4.78, 5) is 13.4. The Hall–Kier alpha value is -1.13. The van der Waals surface area contributed by atoms with Gasteiger partial charge in [-0.15, -0.1) is 0 Å². The monoisotopic (exact) mass is 180 g/mol. The van der Waals surface area contributed by atoms with Crippen LogP contribution in [0, 0.1) is 0 Å². The molecule has 1 aliphatic rings. The van der Waals surface area contributed by atoms with Crippen molar-refractivity contribution in [3.63, 3.8) is 0 Å². The number of pyridine rings is 1. The lowest BCUT2D eigenvalue weighted by Gasteiger charge is -2.13. The number of aromatic nitrogens is 1. The van der Waals surface area contributed by atoms with Crippen molar-refractivity contribution in [3.05, 3.63) is 34.2 Å². The molecule has 1 aromatic heterocycles. The third-order valence-corrected chi connectivity index (χ3v) is 2.27. The maximum absolute atomic E-state index is 10.8. The van der Waals surface area contributed by atoms with Crippen LogP contribution >= 0.6 is 0 Å². The molecule has 2 heterocycles. The molecule has 0 amide bonds. The Bertz CT molecular complexity index is 327. The molecule has 1 aromatic rings. The third-order valence-electron chi connectivity index (χ3n) is 2.27. The first-order chi connectivity index (χ1) is 6.27. The second-order valence-corrected chi connectivity index (χ2v) is 3.23. The number of nitrogens with two attached hydrogens (primary N) is 1. The lowest BCUT2D eigenvalue weighted by atomic mass is 10.1. The van der Waals surface area contributed by atoms with Crippen LogP contribution in [0.25, 0.3) is 0 Å². The molecule has 70 valence electrons. The molecule has 0 radical (unpaired) electrons. The Balaban J connectivity index is 2.25. The van der Waals surface area contributed by atoms with Crippen LogP contribution in [0.2, 0.25) is 0 Å². The number of H-pyrrole nitrogens is 1. The maximum Gasteiger partial charge on any atom is 0.247 e. The van der Waals surface area contributed by atoms with Gasteiger partial charge in [-0.1, -0.05) is 0 Å². The van der Waals surface area contributed by atoms with Crippen molar-refractivity contribution < 1.29 is 4.74 Å².